The monoisotopic (exact) mass is 321 g/mol. The lowest BCUT2D eigenvalue weighted by Crippen LogP contribution is -2.38. The van der Waals surface area contributed by atoms with E-state index in [-0.39, 0.29) is 11.8 Å². The number of carboxylic acid groups (broad SMARTS) is 1. The summed E-state index contributed by atoms with van der Waals surface area (Å²) in [6.07, 6.45) is 2.42. The summed E-state index contributed by atoms with van der Waals surface area (Å²) in [5.74, 6) is 1.49. The highest BCUT2D eigenvalue weighted by molar-refractivity contribution is 7.99. The number of benzene rings is 1. The topological polar surface area (TPSA) is 75.6 Å². The van der Waals surface area contributed by atoms with Crippen molar-refractivity contribution < 1.29 is 19.4 Å². The van der Waals surface area contributed by atoms with E-state index in [9.17, 15) is 14.7 Å². The summed E-state index contributed by atoms with van der Waals surface area (Å²) >= 11 is 1.84. The molecule has 1 saturated heterocycles. The van der Waals surface area contributed by atoms with Gasteiger partial charge in [0.1, 0.15) is 5.75 Å². The minimum absolute atomic E-state index is 0.0686. The number of amides is 1. The predicted octanol–water partition coefficient (Wildman–Crippen LogP) is 2.01. The Morgan fingerprint density at radius 1 is 1.32 bits per heavy atom. The first-order chi connectivity index (χ1) is 10.6. The minimum atomic E-state index is -1.03. The van der Waals surface area contributed by atoms with Gasteiger partial charge >= 0.3 is 5.97 Å². The van der Waals surface area contributed by atoms with Crippen molar-refractivity contribution in [3.63, 3.8) is 0 Å². The van der Waals surface area contributed by atoms with Crippen molar-refractivity contribution in [2.24, 2.45) is 5.92 Å². The van der Waals surface area contributed by atoms with E-state index in [0.717, 1.165) is 42.1 Å². The van der Waals surface area contributed by atoms with E-state index in [0.29, 0.717) is 12.2 Å². The summed E-state index contributed by atoms with van der Waals surface area (Å²) in [6.45, 7) is 0.628. The molecule has 3 rings (SSSR count). The van der Waals surface area contributed by atoms with Crippen LogP contribution in [0.5, 0.6) is 5.75 Å². The Morgan fingerprint density at radius 3 is 2.82 bits per heavy atom. The molecule has 0 aromatic heterocycles. The lowest BCUT2D eigenvalue weighted by Gasteiger charge is -2.23. The zero-order chi connectivity index (χ0) is 15.5. The number of carboxylic acids is 1. The molecule has 6 heteroatoms. The number of carbonyl (C=O) groups is 2. The summed E-state index contributed by atoms with van der Waals surface area (Å²) < 4.78 is 5.43. The van der Waals surface area contributed by atoms with Crippen molar-refractivity contribution in [3.8, 4) is 5.75 Å². The lowest BCUT2D eigenvalue weighted by molar-refractivity contribution is -0.142. The Hall–Kier alpha value is -1.69. The van der Waals surface area contributed by atoms with Crippen molar-refractivity contribution in [1.82, 2.24) is 5.32 Å². The molecule has 2 aliphatic rings. The third-order valence-corrected chi connectivity index (χ3v) is 5.22. The lowest BCUT2D eigenvalue weighted by atomic mass is 9.99. The number of fused-ring (bicyclic) bond motifs is 1. The number of thioether (sulfide) groups is 1. The number of hydrogen-bond acceptors (Lipinski definition) is 4. The van der Waals surface area contributed by atoms with Gasteiger partial charge in [-0.15, -0.1) is 0 Å². The second kappa shape index (κ2) is 6.60. The van der Waals surface area contributed by atoms with E-state index in [1.165, 1.54) is 0 Å². The number of nitrogens with one attached hydrogen (secondary N) is 1. The van der Waals surface area contributed by atoms with Gasteiger partial charge in [-0.1, -0.05) is 6.07 Å². The van der Waals surface area contributed by atoms with Crippen LogP contribution >= 0.6 is 11.8 Å². The predicted molar refractivity (Wildman–Crippen MR) is 84.2 cm³/mol. The summed E-state index contributed by atoms with van der Waals surface area (Å²) in [5, 5.41) is 12.2. The van der Waals surface area contributed by atoms with Crippen LogP contribution in [0, 0.1) is 5.92 Å². The second-order valence-electron chi connectivity index (χ2n) is 5.63. The molecule has 2 heterocycles. The first kappa shape index (κ1) is 15.2. The highest BCUT2D eigenvalue weighted by Gasteiger charge is 2.28. The van der Waals surface area contributed by atoms with Gasteiger partial charge in [0.15, 0.2) is 6.04 Å². The van der Waals surface area contributed by atoms with Gasteiger partial charge in [-0.2, -0.15) is 11.8 Å². The van der Waals surface area contributed by atoms with Crippen LogP contribution in [-0.2, 0) is 16.0 Å². The maximum absolute atomic E-state index is 12.3. The third-order valence-electron chi connectivity index (χ3n) is 4.17. The van der Waals surface area contributed by atoms with Crippen molar-refractivity contribution in [2.45, 2.75) is 25.3 Å². The van der Waals surface area contributed by atoms with Gasteiger partial charge in [-0.05, 0) is 47.6 Å². The fourth-order valence-corrected chi connectivity index (χ4v) is 4.00. The fourth-order valence-electron chi connectivity index (χ4n) is 2.89. The van der Waals surface area contributed by atoms with Crippen LogP contribution in [-0.4, -0.2) is 35.1 Å². The van der Waals surface area contributed by atoms with Gasteiger partial charge in [0.25, 0.3) is 0 Å². The Kier molecular flexibility index (Phi) is 4.57. The molecular formula is C16H19NO4S. The zero-order valence-electron chi connectivity index (χ0n) is 12.2. The Bertz CT molecular complexity index is 584. The molecule has 22 heavy (non-hydrogen) atoms. The Balaban J connectivity index is 1.75. The highest BCUT2D eigenvalue weighted by Crippen LogP contribution is 2.29. The smallest absolute Gasteiger partial charge is 0.330 e. The third kappa shape index (κ3) is 3.21. The number of carbonyl (C=O) groups excluding carboxylic acids is 1. The molecule has 2 aliphatic heterocycles. The van der Waals surface area contributed by atoms with Crippen LogP contribution in [0.2, 0.25) is 0 Å². The van der Waals surface area contributed by atoms with Gasteiger partial charge in [0.2, 0.25) is 5.91 Å². The molecule has 0 bridgehead atoms. The number of rotatable bonds is 4. The van der Waals surface area contributed by atoms with Crippen LogP contribution < -0.4 is 10.1 Å². The van der Waals surface area contributed by atoms with E-state index >= 15 is 0 Å². The van der Waals surface area contributed by atoms with Crippen LogP contribution in [0.4, 0.5) is 0 Å². The van der Waals surface area contributed by atoms with E-state index in [1.54, 1.807) is 12.1 Å². The van der Waals surface area contributed by atoms with E-state index in [1.807, 2.05) is 17.8 Å². The van der Waals surface area contributed by atoms with Gasteiger partial charge in [0, 0.05) is 12.3 Å². The van der Waals surface area contributed by atoms with Crippen LogP contribution in [0.1, 0.15) is 30.0 Å². The van der Waals surface area contributed by atoms with Crippen molar-refractivity contribution in [2.75, 3.05) is 18.1 Å². The number of ether oxygens (including phenoxy) is 1. The molecule has 1 unspecified atom stereocenters. The SMILES string of the molecule is O=C(NC(C(=O)O)c1ccc2c(c1)CCO2)C1CCSCC1. The van der Waals surface area contributed by atoms with Gasteiger partial charge in [-0.25, -0.2) is 4.79 Å². The molecule has 118 valence electrons. The Labute approximate surface area is 133 Å². The summed E-state index contributed by atoms with van der Waals surface area (Å²) in [7, 11) is 0. The van der Waals surface area contributed by atoms with Crippen molar-refractivity contribution in [3.05, 3.63) is 29.3 Å². The maximum Gasteiger partial charge on any atom is 0.330 e. The van der Waals surface area contributed by atoms with Crippen LogP contribution in [0.25, 0.3) is 0 Å². The molecule has 0 aliphatic carbocycles. The van der Waals surface area contributed by atoms with E-state index < -0.39 is 12.0 Å². The molecule has 1 fully saturated rings. The highest BCUT2D eigenvalue weighted by atomic mass is 32.2. The number of aliphatic carboxylic acids is 1. The van der Waals surface area contributed by atoms with Crippen molar-refractivity contribution >= 4 is 23.6 Å². The molecular weight excluding hydrogens is 302 g/mol. The van der Waals surface area contributed by atoms with Crippen LogP contribution in [0.3, 0.4) is 0 Å². The normalized spacial score (nSPS) is 19.1. The molecule has 0 saturated carbocycles. The largest absolute Gasteiger partial charge is 0.493 e. The van der Waals surface area contributed by atoms with Crippen molar-refractivity contribution in [1.29, 1.82) is 0 Å². The average Bonchev–Trinajstić information content (AvgIpc) is 3.00. The zero-order valence-corrected chi connectivity index (χ0v) is 13.0. The van der Waals surface area contributed by atoms with Gasteiger partial charge in [-0.3, -0.25) is 4.79 Å². The molecule has 5 nitrogen and oxygen atoms in total. The average molecular weight is 321 g/mol. The second-order valence-corrected chi connectivity index (χ2v) is 6.86. The summed E-state index contributed by atoms with van der Waals surface area (Å²) in [5.41, 5.74) is 1.61. The maximum atomic E-state index is 12.3. The van der Waals surface area contributed by atoms with Gasteiger partial charge in [0.05, 0.1) is 6.61 Å². The van der Waals surface area contributed by atoms with E-state index in [4.69, 9.17) is 4.74 Å². The Morgan fingerprint density at radius 2 is 2.09 bits per heavy atom. The minimum Gasteiger partial charge on any atom is -0.493 e. The standard InChI is InChI=1S/C16H19NO4S/c18-15(10-4-7-22-8-5-10)17-14(16(19)20)12-1-2-13-11(9-12)3-6-21-13/h1-2,9-10,14H,3-8H2,(H,17,18)(H,19,20). The molecule has 1 aromatic rings. The summed E-state index contributed by atoms with van der Waals surface area (Å²) in [6, 6.07) is 4.35. The van der Waals surface area contributed by atoms with E-state index in [2.05, 4.69) is 5.32 Å². The first-order valence-electron chi connectivity index (χ1n) is 7.51. The van der Waals surface area contributed by atoms with Crippen LogP contribution in [0.15, 0.2) is 18.2 Å². The molecule has 1 amide bonds. The number of hydrogen-bond donors (Lipinski definition) is 2. The molecule has 2 N–H and O–H groups in total. The fraction of sp³-hybridized carbons (Fsp3) is 0.500. The molecule has 1 atom stereocenters. The van der Waals surface area contributed by atoms with Gasteiger partial charge < -0.3 is 15.2 Å². The molecule has 0 spiro atoms. The molecule has 1 aromatic carbocycles. The quantitative estimate of drug-likeness (QED) is 0.887. The summed E-state index contributed by atoms with van der Waals surface area (Å²) in [4.78, 5) is 23.9. The first-order valence-corrected chi connectivity index (χ1v) is 8.67. The molecule has 0 radical (unpaired) electrons.